The van der Waals surface area contributed by atoms with Gasteiger partial charge in [0, 0.05) is 5.75 Å². The van der Waals surface area contributed by atoms with Crippen molar-refractivity contribution >= 4 is 17.7 Å². The van der Waals surface area contributed by atoms with Gasteiger partial charge in [0.25, 0.3) is 0 Å². The Kier molecular flexibility index (Phi) is 4.75. The number of hydrogen-bond donors (Lipinski definition) is 3. The average molecular weight is 243 g/mol. The summed E-state index contributed by atoms with van der Waals surface area (Å²) in [5.41, 5.74) is 4.68. The number of primary amides is 1. The van der Waals surface area contributed by atoms with Crippen molar-refractivity contribution in [2.75, 3.05) is 12.3 Å². The number of aromatic amines is 1. The molecule has 0 aromatic carbocycles. The summed E-state index contributed by atoms with van der Waals surface area (Å²) < 4.78 is 0. The van der Waals surface area contributed by atoms with Crippen LogP contribution in [0, 0.1) is 0 Å². The topological polar surface area (TPSA) is 96.7 Å². The molecule has 0 fully saturated rings. The van der Waals surface area contributed by atoms with E-state index in [-0.39, 0.29) is 5.91 Å². The minimum absolute atomic E-state index is 0.354. The van der Waals surface area contributed by atoms with Crippen molar-refractivity contribution in [2.24, 2.45) is 5.73 Å². The van der Waals surface area contributed by atoms with Crippen LogP contribution in [0.15, 0.2) is 11.5 Å². The molecule has 0 aliphatic rings. The Morgan fingerprint density at radius 2 is 2.50 bits per heavy atom. The van der Waals surface area contributed by atoms with Gasteiger partial charge in [-0.1, -0.05) is 18.7 Å². The Balaban J connectivity index is 2.53. The molecule has 1 unspecified atom stereocenters. The van der Waals surface area contributed by atoms with Gasteiger partial charge >= 0.3 is 0 Å². The standard InChI is InChI=1S/C9H17N5OS/c1-3-4-12-9(2,7(10)15)5-16-8-11-6-13-14-8/h6,12H,3-5H2,1-2H3,(H2,10,15)(H,11,13,14). The van der Waals surface area contributed by atoms with Crippen LogP contribution in [0.25, 0.3) is 0 Å². The predicted octanol–water partition coefficient (Wildman–Crippen LogP) is 0.140. The summed E-state index contributed by atoms with van der Waals surface area (Å²) in [6, 6.07) is 0. The third-order valence-corrected chi connectivity index (χ3v) is 3.39. The van der Waals surface area contributed by atoms with Crippen LogP contribution in [0.5, 0.6) is 0 Å². The van der Waals surface area contributed by atoms with Gasteiger partial charge in [0.1, 0.15) is 11.9 Å². The molecule has 0 radical (unpaired) electrons. The monoisotopic (exact) mass is 243 g/mol. The lowest BCUT2D eigenvalue weighted by Crippen LogP contribution is -2.55. The van der Waals surface area contributed by atoms with Gasteiger partial charge in [-0.3, -0.25) is 9.89 Å². The SMILES string of the molecule is CCCNC(C)(CSc1ncn[nH]1)C(N)=O. The van der Waals surface area contributed by atoms with E-state index in [4.69, 9.17) is 5.73 Å². The van der Waals surface area contributed by atoms with Crippen molar-refractivity contribution in [3.63, 3.8) is 0 Å². The molecule has 0 bridgehead atoms. The number of carbonyl (C=O) groups is 1. The molecule has 6 nitrogen and oxygen atoms in total. The van der Waals surface area contributed by atoms with Crippen molar-refractivity contribution < 1.29 is 4.79 Å². The quantitative estimate of drug-likeness (QED) is 0.592. The van der Waals surface area contributed by atoms with Crippen LogP contribution in [-0.4, -0.2) is 38.9 Å². The second kappa shape index (κ2) is 5.86. The molecule has 1 amide bonds. The molecule has 0 aliphatic carbocycles. The first-order valence-electron chi connectivity index (χ1n) is 5.11. The van der Waals surface area contributed by atoms with Crippen molar-refractivity contribution in [1.29, 1.82) is 0 Å². The molecule has 1 rings (SSSR count). The highest BCUT2D eigenvalue weighted by atomic mass is 32.2. The number of hydrogen-bond acceptors (Lipinski definition) is 5. The number of rotatable bonds is 7. The average Bonchev–Trinajstić information content (AvgIpc) is 2.76. The van der Waals surface area contributed by atoms with E-state index in [1.165, 1.54) is 18.1 Å². The van der Waals surface area contributed by atoms with Gasteiger partial charge in [0.15, 0.2) is 5.16 Å². The third-order valence-electron chi connectivity index (χ3n) is 2.20. The summed E-state index contributed by atoms with van der Waals surface area (Å²) in [5, 5.41) is 10.3. The van der Waals surface area contributed by atoms with E-state index in [0.717, 1.165) is 13.0 Å². The van der Waals surface area contributed by atoms with Crippen molar-refractivity contribution in [2.45, 2.75) is 31.0 Å². The fourth-order valence-electron chi connectivity index (χ4n) is 1.09. The van der Waals surface area contributed by atoms with E-state index in [9.17, 15) is 4.79 Å². The molecule has 0 spiro atoms. The maximum atomic E-state index is 11.4. The number of nitrogens with zero attached hydrogens (tertiary/aromatic N) is 2. The molecule has 1 atom stereocenters. The highest BCUT2D eigenvalue weighted by molar-refractivity contribution is 7.99. The van der Waals surface area contributed by atoms with Crippen molar-refractivity contribution in [1.82, 2.24) is 20.5 Å². The summed E-state index contributed by atoms with van der Waals surface area (Å²) in [4.78, 5) is 15.4. The Morgan fingerprint density at radius 1 is 1.75 bits per heavy atom. The lowest BCUT2D eigenvalue weighted by Gasteiger charge is -2.26. The van der Waals surface area contributed by atoms with E-state index < -0.39 is 5.54 Å². The van der Waals surface area contributed by atoms with E-state index in [1.54, 1.807) is 6.92 Å². The minimum Gasteiger partial charge on any atom is -0.368 e. The summed E-state index contributed by atoms with van der Waals surface area (Å²) in [6.07, 6.45) is 2.39. The number of carbonyl (C=O) groups excluding carboxylic acids is 1. The summed E-state index contributed by atoms with van der Waals surface area (Å²) in [7, 11) is 0. The zero-order valence-corrected chi connectivity index (χ0v) is 10.3. The molecular formula is C9H17N5OS. The Morgan fingerprint density at radius 3 is 3.00 bits per heavy atom. The number of nitrogens with two attached hydrogens (primary N) is 1. The van der Waals surface area contributed by atoms with Crippen LogP contribution in [0.2, 0.25) is 0 Å². The van der Waals surface area contributed by atoms with Gasteiger partial charge in [0.05, 0.1) is 0 Å². The molecule has 1 aromatic rings. The number of H-pyrrole nitrogens is 1. The second-order valence-corrected chi connectivity index (χ2v) is 4.67. The zero-order chi connectivity index (χ0) is 12.0. The van der Waals surface area contributed by atoms with Crippen LogP contribution in [0.1, 0.15) is 20.3 Å². The second-order valence-electron chi connectivity index (χ2n) is 3.70. The molecule has 90 valence electrons. The molecule has 1 heterocycles. The normalized spacial score (nSPS) is 14.6. The summed E-state index contributed by atoms with van der Waals surface area (Å²) >= 11 is 1.42. The molecule has 4 N–H and O–H groups in total. The van der Waals surface area contributed by atoms with Crippen LogP contribution in [0.4, 0.5) is 0 Å². The molecular weight excluding hydrogens is 226 g/mol. The van der Waals surface area contributed by atoms with Gasteiger partial charge in [-0.2, -0.15) is 5.10 Å². The largest absolute Gasteiger partial charge is 0.368 e. The molecule has 0 aliphatic heterocycles. The Bertz CT molecular complexity index is 329. The number of aromatic nitrogens is 3. The fourth-order valence-corrected chi connectivity index (χ4v) is 2.00. The smallest absolute Gasteiger partial charge is 0.238 e. The maximum Gasteiger partial charge on any atom is 0.238 e. The number of nitrogens with one attached hydrogen (secondary N) is 2. The van der Waals surface area contributed by atoms with Gasteiger partial charge in [-0.15, -0.1) is 0 Å². The molecule has 0 saturated heterocycles. The minimum atomic E-state index is -0.715. The van der Waals surface area contributed by atoms with E-state index in [0.29, 0.717) is 10.9 Å². The van der Waals surface area contributed by atoms with Crippen LogP contribution >= 0.6 is 11.8 Å². The van der Waals surface area contributed by atoms with Gasteiger partial charge < -0.3 is 11.1 Å². The first-order chi connectivity index (χ1) is 7.58. The van der Waals surface area contributed by atoms with Crippen LogP contribution in [0.3, 0.4) is 0 Å². The number of amides is 1. The molecule has 16 heavy (non-hydrogen) atoms. The van der Waals surface area contributed by atoms with Crippen molar-refractivity contribution in [3.8, 4) is 0 Å². The van der Waals surface area contributed by atoms with Crippen molar-refractivity contribution in [3.05, 3.63) is 6.33 Å². The lowest BCUT2D eigenvalue weighted by atomic mass is 10.1. The highest BCUT2D eigenvalue weighted by Crippen LogP contribution is 2.18. The maximum absolute atomic E-state index is 11.4. The van der Waals surface area contributed by atoms with Crippen LogP contribution < -0.4 is 11.1 Å². The summed E-state index contributed by atoms with van der Waals surface area (Å²) in [6.45, 7) is 4.60. The van der Waals surface area contributed by atoms with Crippen LogP contribution in [-0.2, 0) is 4.79 Å². The molecule has 7 heteroatoms. The third kappa shape index (κ3) is 3.49. The predicted molar refractivity (Wildman–Crippen MR) is 63.0 cm³/mol. The first-order valence-corrected chi connectivity index (χ1v) is 6.10. The first kappa shape index (κ1) is 13.0. The van der Waals surface area contributed by atoms with Gasteiger partial charge in [-0.05, 0) is 19.9 Å². The van der Waals surface area contributed by atoms with E-state index in [2.05, 4.69) is 20.5 Å². The Labute approximate surface area is 98.8 Å². The molecule has 1 aromatic heterocycles. The fraction of sp³-hybridized carbons (Fsp3) is 0.667. The summed E-state index contributed by atoms with van der Waals surface area (Å²) in [5.74, 6) is 0.172. The van der Waals surface area contributed by atoms with Gasteiger partial charge in [-0.25, -0.2) is 4.98 Å². The number of thioether (sulfide) groups is 1. The lowest BCUT2D eigenvalue weighted by molar-refractivity contribution is -0.122. The van der Waals surface area contributed by atoms with E-state index in [1.807, 2.05) is 6.92 Å². The van der Waals surface area contributed by atoms with E-state index >= 15 is 0 Å². The zero-order valence-electron chi connectivity index (χ0n) is 9.49. The molecule has 0 saturated carbocycles. The Hall–Kier alpha value is -1.08. The highest BCUT2D eigenvalue weighted by Gasteiger charge is 2.30. The van der Waals surface area contributed by atoms with Gasteiger partial charge in [0.2, 0.25) is 5.91 Å².